The van der Waals surface area contributed by atoms with Gasteiger partial charge in [-0.2, -0.15) is 0 Å². The molecular formula is C13H19BrN2O2. The second-order valence-corrected chi connectivity index (χ2v) is 5.75. The fraction of sp³-hybridized carbons (Fsp3) is 0.462. The zero-order valence-corrected chi connectivity index (χ0v) is 12.5. The molecule has 1 unspecified atom stereocenters. The van der Waals surface area contributed by atoms with E-state index in [4.69, 9.17) is 0 Å². The quantitative estimate of drug-likeness (QED) is 0.866. The topological polar surface area (TPSA) is 52.6 Å². The first-order valence-electron chi connectivity index (χ1n) is 5.72. The smallest absolute Gasteiger partial charge is 0.252 e. The first-order chi connectivity index (χ1) is 8.32. The number of carbonyl (C=O) groups excluding carboxylic acids is 1. The summed E-state index contributed by atoms with van der Waals surface area (Å²) in [5, 5.41) is 12.8. The number of halogens is 1. The summed E-state index contributed by atoms with van der Waals surface area (Å²) in [6.45, 7) is 2.40. The Morgan fingerprint density at radius 1 is 1.44 bits per heavy atom. The van der Waals surface area contributed by atoms with Crippen molar-refractivity contribution in [1.29, 1.82) is 0 Å². The number of rotatable bonds is 5. The van der Waals surface area contributed by atoms with Gasteiger partial charge in [-0.25, -0.2) is 0 Å². The third-order valence-electron chi connectivity index (χ3n) is 2.41. The SMILES string of the molecule is CN(C)CC(C)(O)CNC(=O)c1ccccc1Br. The normalized spacial score (nSPS) is 14.3. The molecule has 0 aliphatic rings. The monoisotopic (exact) mass is 314 g/mol. The molecule has 4 nitrogen and oxygen atoms in total. The molecule has 5 heteroatoms. The van der Waals surface area contributed by atoms with Gasteiger partial charge in [0.05, 0.1) is 11.2 Å². The molecule has 0 spiro atoms. The van der Waals surface area contributed by atoms with E-state index >= 15 is 0 Å². The number of aliphatic hydroxyl groups is 1. The number of likely N-dealkylation sites (N-methyl/N-ethyl adjacent to an activating group) is 1. The first-order valence-corrected chi connectivity index (χ1v) is 6.51. The number of nitrogens with one attached hydrogen (secondary N) is 1. The standard InChI is InChI=1S/C13H19BrN2O2/c1-13(18,9-16(2)3)8-15-12(17)10-6-4-5-7-11(10)14/h4-7,18H,8-9H2,1-3H3,(H,15,17). The zero-order chi connectivity index (χ0) is 13.8. The summed E-state index contributed by atoms with van der Waals surface area (Å²) < 4.78 is 0.745. The third-order valence-corrected chi connectivity index (χ3v) is 3.10. The van der Waals surface area contributed by atoms with E-state index in [0.717, 1.165) is 4.47 Å². The fourth-order valence-electron chi connectivity index (χ4n) is 1.75. The van der Waals surface area contributed by atoms with Gasteiger partial charge >= 0.3 is 0 Å². The van der Waals surface area contributed by atoms with Crippen molar-refractivity contribution in [1.82, 2.24) is 10.2 Å². The van der Waals surface area contributed by atoms with Crippen LogP contribution >= 0.6 is 15.9 Å². The Morgan fingerprint density at radius 3 is 2.61 bits per heavy atom. The number of hydrogen-bond acceptors (Lipinski definition) is 3. The Labute approximate surface area is 116 Å². The van der Waals surface area contributed by atoms with E-state index < -0.39 is 5.60 Å². The molecule has 0 aromatic heterocycles. The van der Waals surface area contributed by atoms with Crippen molar-refractivity contribution in [2.75, 3.05) is 27.2 Å². The van der Waals surface area contributed by atoms with Crippen LogP contribution in [0.2, 0.25) is 0 Å². The van der Waals surface area contributed by atoms with Crippen molar-refractivity contribution in [2.24, 2.45) is 0 Å². The van der Waals surface area contributed by atoms with Crippen LogP contribution in [0.4, 0.5) is 0 Å². The molecular weight excluding hydrogens is 296 g/mol. The molecule has 0 aliphatic heterocycles. The molecule has 0 bridgehead atoms. The Balaban J connectivity index is 2.59. The van der Waals surface area contributed by atoms with E-state index in [1.165, 1.54) is 0 Å². The zero-order valence-electron chi connectivity index (χ0n) is 10.9. The van der Waals surface area contributed by atoms with Crippen LogP contribution in [-0.4, -0.2) is 48.7 Å². The minimum atomic E-state index is -0.944. The molecule has 1 atom stereocenters. The Hall–Kier alpha value is -0.910. The van der Waals surface area contributed by atoms with Gasteiger partial charge in [-0.05, 0) is 49.1 Å². The summed E-state index contributed by atoms with van der Waals surface area (Å²) in [5.41, 5.74) is -0.376. The van der Waals surface area contributed by atoms with Crippen LogP contribution in [-0.2, 0) is 0 Å². The van der Waals surface area contributed by atoms with Crippen molar-refractivity contribution < 1.29 is 9.90 Å². The highest BCUT2D eigenvalue weighted by molar-refractivity contribution is 9.10. The van der Waals surface area contributed by atoms with Crippen molar-refractivity contribution in [3.63, 3.8) is 0 Å². The van der Waals surface area contributed by atoms with E-state index in [1.54, 1.807) is 19.1 Å². The lowest BCUT2D eigenvalue weighted by Crippen LogP contribution is -2.47. The lowest BCUT2D eigenvalue weighted by molar-refractivity contribution is 0.0326. The average molecular weight is 315 g/mol. The highest BCUT2D eigenvalue weighted by Gasteiger charge is 2.22. The largest absolute Gasteiger partial charge is 0.387 e. The summed E-state index contributed by atoms with van der Waals surface area (Å²) in [6.07, 6.45) is 0. The van der Waals surface area contributed by atoms with Gasteiger partial charge in [0.1, 0.15) is 0 Å². The van der Waals surface area contributed by atoms with Gasteiger partial charge in [-0.1, -0.05) is 12.1 Å². The Morgan fingerprint density at radius 2 is 2.06 bits per heavy atom. The molecule has 0 aliphatic carbocycles. The summed E-state index contributed by atoms with van der Waals surface area (Å²) >= 11 is 3.33. The van der Waals surface area contributed by atoms with Gasteiger partial charge in [0.2, 0.25) is 0 Å². The third kappa shape index (κ3) is 4.76. The van der Waals surface area contributed by atoms with Crippen LogP contribution < -0.4 is 5.32 Å². The number of benzene rings is 1. The molecule has 1 amide bonds. The van der Waals surface area contributed by atoms with E-state index in [9.17, 15) is 9.90 Å². The molecule has 0 fully saturated rings. The van der Waals surface area contributed by atoms with E-state index in [1.807, 2.05) is 31.1 Å². The predicted molar refractivity (Wildman–Crippen MR) is 75.7 cm³/mol. The predicted octanol–water partition coefficient (Wildman–Crippen LogP) is 1.49. The maximum Gasteiger partial charge on any atom is 0.252 e. The van der Waals surface area contributed by atoms with Crippen LogP contribution in [0.5, 0.6) is 0 Å². The lowest BCUT2D eigenvalue weighted by atomic mass is 10.1. The highest BCUT2D eigenvalue weighted by Crippen LogP contribution is 2.15. The van der Waals surface area contributed by atoms with Gasteiger partial charge in [-0.3, -0.25) is 4.79 Å². The van der Waals surface area contributed by atoms with Crippen molar-refractivity contribution >= 4 is 21.8 Å². The van der Waals surface area contributed by atoms with E-state index in [0.29, 0.717) is 12.1 Å². The van der Waals surface area contributed by atoms with Crippen LogP contribution in [0.15, 0.2) is 28.7 Å². The minimum Gasteiger partial charge on any atom is -0.387 e. The molecule has 1 aromatic carbocycles. The number of carbonyl (C=O) groups is 1. The van der Waals surface area contributed by atoms with Gasteiger partial charge in [0, 0.05) is 17.6 Å². The van der Waals surface area contributed by atoms with Gasteiger partial charge in [-0.15, -0.1) is 0 Å². The van der Waals surface area contributed by atoms with Crippen LogP contribution in [0.1, 0.15) is 17.3 Å². The fourth-order valence-corrected chi connectivity index (χ4v) is 2.21. The molecule has 0 saturated carbocycles. The minimum absolute atomic E-state index is 0.193. The molecule has 0 radical (unpaired) electrons. The van der Waals surface area contributed by atoms with E-state index in [2.05, 4.69) is 21.2 Å². The second-order valence-electron chi connectivity index (χ2n) is 4.90. The summed E-state index contributed by atoms with van der Waals surface area (Å²) in [7, 11) is 3.76. The molecule has 18 heavy (non-hydrogen) atoms. The summed E-state index contributed by atoms with van der Waals surface area (Å²) in [5.74, 6) is -0.193. The average Bonchev–Trinajstić information content (AvgIpc) is 2.25. The van der Waals surface area contributed by atoms with Crippen LogP contribution in [0.3, 0.4) is 0 Å². The van der Waals surface area contributed by atoms with E-state index in [-0.39, 0.29) is 12.5 Å². The van der Waals surface area contributed by atoms with Gasteiger partial charge in [0.25, 0.3) is 5.91 Å². The maximum atomic E-state index is 11.9. The highest BCUT2D eigenvalue weighted by atomic mass is 79.9. The number of amides is 1. The molecule has 0 heterocycles. The Kier molecular flexibility index (Phi) is 5.31. The molecule has 1 rings (SSSR count). The lowest BCUT2D eigenvalue weighted by Gasteiger charge is -2.27. The summed E-state index contributed by atoms with van der Waals surface area (Å²) in [6, 6.07) is 7.20. The number of hydrogen-bond donors (Lipinski definition) is 2. The molecule has 2 N–H and O–H groups in total. The van der Waals surface area contributed by atoms with Crippen molar-refractivity contribution in [3.8, 4) is 0 Å². The Bertz CT molecular complexity index is 419. The maximum absolute atomic E-state index is 11.9. The van der Waals surface area contributed by atoms with Gasteiger partial charge < -0.3 is 15.3 Å². The van der Waals surface area contributed by atoms with Crippen LogP contribution in [0.25, 0.3) is 0 Å². The number of nitrogens with zero attached hydrogens (tertiary/aromatic N) is 1. The molecule has 100 valence electrons. The molecule has 1 aromatic rings. The van der Waals surface area contributed by atoms with Crippen LogP contribution in [0, 0.1) is 0 Å². The van der Waals surface area contributed by atoms with Crippen molar-refractivity contribution in [2.45, 2.75) is 12.5 Å². The first kappa shape index (κ1) is 15.1. The van der Waals surface area contributed by atoms with Crippen molar-refractivity contribution in [3.05, 3.63) is 34.3 Å². The van der Waals surface area contributed by atoms with Gasteiger partial charge in [0.15, 0.2) is 0 Å². The summed E-state index contributed by atoms with van der Waals surface area (Å²) in [4.78, 5) is 13.8. The second kappa shape index (κ2) is 6.31. The molecule has 0 saturated heterocycles.